The van der Waals surface area contributed by atoms with Crippen LogP contribution < -0.4 is 4.74 Å². The van der Waals surface area contributed by atoms with Gasteiger partial charge >= 0.3 is 0 Å². The molecule has 4 nitrogen and oxygen atoms in total. The van der Waals surface area contributed by atoms with Crippen molar-refractivity contribution in [1.82, 2.24) is 4.98 Å². The first-order valence-corrected chi connectivity index (χ1v) is 8.27. The lowest BCUT2D eigenvalue weighted by molar-refractivity contribution is 0.414. The quantitative estimate of drug-likeness (QED) is 0.849. The Hall–Kier alpha value is -1.37. The molecule has 1 aromatic carbocycles. The second kappa shape index (κ2) is 5.79. The Morgan fingerprint density at radius 2 is 1.86 bits per heavy atom. The minimum Gasteiger partial charge on any atom is -0.495 e. The van der Waals surface area contributed by atoms with Crippen molar-refractivity contribution in [3.63, 3.8) is 0 Å². The third-order valence-electron chi connectivity index (χ3n) is 2.74. The summed E-state index contributed by atoms with van der Waals surface area (Å²) in [6.07, 6.45) is 2.16. The molecule has 0 N–H and O–H groups in total. The molecule has 2 rings (SSSR count). The van der Waals surface area contributed by atoms with Gasteiger partial charge in [0.1, 0.15) is 11.6 Å². The SMILES string of the molecule is COc1cc(-c2ncc(S(C)(=O)=O)cc2Cl)c(F)cc1Cl. The Morgan fingerprint density at radius 3 is 2.38 bits per heavy atom. The predicted octanol–water partition coefficient (Wildman–Crippen LogP) is 3.61. The predicted molar refractivity (Wildman–Crippen MR) is 79.3 cm³/mol. The van der Waals surface area contributed by atoms with Crippen LogP contribution in [0.2, 0.25) is 10.0 Å². The first-order valence-electron chi connectivity index (χ1n) is 5.63. The number of halogens is 3. The largest absolute Gasteiger partial charge is 0.495 e. The van der Waals surface area contributed by atoms with Crippen molar-refractivity contribution in [2.45, 2.75) is 4.90 Å². The number of sulfone groups is 1. The van der Waals surface area contributed by atoms with E-state index in [1.54, 1.807) is 0 Å². The standard InChI is InChI=1S/C13H10Cl2FNO3S/c1-20-12-4-8(11(16)5-9(12)14)13-10(15)3-7(6-17-13)21(2,18)19/h3-6H,1-2H3. The Balaban J connectivity index is 2.63. The summed E-state index contributed by atoms with van der Waals surface area (Å²) >= 11 is 11.8. The van der Waals surface area contributed by atoms with E-state index in [4.69, 9.17) is 27.9 Å². The Morgan fingerprint density at radius 1 is 1.19 bits per heavy atom. The van der Waals surface area contributed by atoms with Gasteiger partial charge in [-0.25, -0.2) is 12.8 Å². The van der Waals surface area contributed by atoms with E-state index in [1.807, 2.05) is 0 Å². The monoisotopic (exact) mass is 349 g/mol. The Kier molecular flexibility index (Phi) is 4.41. The van der Waals surface area contributed by atoms with E-state index in [1.165, 1.54) is 19.2 Å². The number of rotatable bonds is 3. The molecule has 0 radical (unpaired) electrons. The maximum atomic E-state index is 14.0. The molecule has 0 bridgehead atoms. The van der Waals surface area contributed by atoms with Gasteiger partial charge < -0.3 is 4.74 Å². The van der Waals surface area contributed by atoms with Crippen LogP contribution in [0.5, 0.6) is 5.75 Å². The molecule has 0 atom stereocenters. The van der Waals surface area contributed by atoms with Crippen LogP contribution in [0.3, 0.4) is 0 Å². The van der Waals surface area contributed by atoms with E-state index in [9.17, 15) is 12.8 Å². The highest BCUT2D eigenvalue weighted by molar-refractivity contribution is 7.90. The van der Waals surface area contributed by atoms with Crippen LogP contribution in [-0.4, -0.2) is 26.8 Å². The zero-order valence-corrected chi connectivity index (χ0v) is 13.4. The zero-order chi connectivity index (χ0) is 15.8. The lowest BCUT2D eigenvalue weighted by Crippen LogP contribution is -1.99. The number of hydrogen-bond acceptors (Lipinski definition) is 4. The minimum absolute atomic E-state index is 0.0150. The molecule has 0 saturated carbocycles. The van der Waals surface area contributed by atoms with E-state index in [-0.39, 0.29) is 31.9 Å². The van der Waals surface area contributed by atoms with Crippen LogP contribution in [0.15, 0.2) is 29.3 Å². The van der Waals surface area contributed by atoms with Gasteiger partial charge in [-0.2, -0.15) is 0 Å². The van der Waals surface area contributed by atoms with Crippen LogP contribution in [0, 0.1) is 5.82 Å². The van der Waals surface area contributed by atoms with Crippen molar-refractivity contribution in [2.24, 2.45) is 0 Å². The summed E-state index contributed by atoms with van der Waals surface area (Å²) in [5.41, 5.74) is 0.179. The molecule has 0 spiro atoms. The molecule has 0 aliphatic carbocycles. The summed E-state index contributed by atoms with van der Waals surface area (Å²) in [5.74, 6) is -0.375. The summed E-state index contributed by atoms with van der Waals surface area (Å²) in [6, 6.07) is 3.66. The highest BCUT2D eigenvalue weighted by atomic mass is 35.5. The lowest BCUT2D eigenvalue weighted by atomic mass is 10.1. The molecule has 0 fully saturated rings. The van der Waals surface area contributed by atoms with Gasteiger partial charge in [-0.1, -0.05) is 23.2 Å². The van der Waals surface area contributed by atoms with Gasteiger partial charge in [0.05, 0.1) is 27.7 Å². The van der Waals surface area contributed by atoms with Gasteiger partial charge in [-0.3, -0.25) is 4.98 Å². The topological polar surface area (TPSA) is 56.3 Å². The van der Waals surface area contributed by atoms with Crippen molar-refractivity contribution < 1.29 is 17.5 Å². The summed E-state index contributed by atoms with van der Waals surface area (Å²) in [4.78, 5) is 3.89. The Labute approximate surface area is 131 Å². The van der Waals surface area contributed by atoms with Crippen molar-refractivity contribution in [2.75, 3.05) is 13.4 Å². The summed E-state index contributed by atoms with van der Waals surface area (Å²) < 4.78 is 41.9. The van der Waals surface area contributed by atoms with Crippen LogP contribution in [0.4, 0.5) is 4.39 Å². The normalized spacial score (nSPS) is 11.5. The van der Waals surface area contributed by atoms with E-state index in [0.29, 0.717) is 0 Å². The fourth-order valence-electron chi connectivity index (χ4n) is 1.69. The summed E-state index contributed by atoms with van der Waals surface area (Å²) in [6.45, 7) is 0. The smallest absolute Gasteiger partial charge is 0.177 e. The van der Waals surface area contributed by atoms with Crippen molar-refractivity contribution in [1.29, 1.82) is 0 Å². The fourth-order valence-corrected chi connectivity index (χ4v) is 2.82. The lowest BCUT2D eigenvalue weighted by Gasteiger charge is -2.10. The van der Waals surface area contributed by atoms with Crippen LogP contribution >= 0.6 is 23.2 Å². The molecule has 21 heavy (non-hydrogen) atoms. The average Bonchev–Trinajstić information content (AvgIpc) is 2.38. The highest BCUT2D eigenvalue weighted by Crippen LogP contribution is 2.35. The third-order valence-corrected chi connectivity index (χ3v) is 4.40. The number of hydrogen-bond donors (Lipinski definition) is 0. The van der Waals surface area contributed by atoms with Crippen molar-refractivity contribution in [3.05, 3.63) is 40.3 Å². The van der Waals surface area contributed by atoms with Crippen LogP contribution in [0.1, 0.15) is 0 Å². The van der Waals surface area contributed by atoms with Crippen molar-refractivity contribution in [3.8, 4) is 17.0 Å². The summed E-state index contributed by atoms with van der Waals surface area (Å²) in [7, 11) is -2.05. The van der Waals surface area contributed by atoms with E-state index in [0.717, 1.165) is 18.5 Å². The molecule has 112 valence electrons. The number of benzene rings is 1. The molecular weight excluding hydrogens is 340 g/mol. The molecule has 0 amide bonds. The fraction of sp³-hybridized carbons (Fsp3) is 0.154. The highest BCUT2D eigenvalue weighted by Gasteiger charge is 2.17. The second-order valence-corrected chi connectivity index (χ2v) is 7.07. The number of methoxy groups -OCH3 is 1. The van der Waals surface area contributed by atoms with E-state index in [2.05, 4.69) is 4.98 Å². The third kappa shape index (κ3) is 3.28. The van der Waals surface area contributed by atoms with Gasteiger partial charge in [-0.05, 0) is 18.2 Å². The van der Waals surface area contributed by atoms with Crippen LogP contribution in [-0.2, 0) is 9.84 Å². The number of nitrogens with zero attached hydrogens (tertiary/aromatic N) is 1. The van der Waals surface area contributed by atoms with Crippen LogP contribution in [0.25, 0.3) is 11.3 Å². The number of pyridine rings is 1. The number of aromatic nitrogens is 1. The van der Waals surface area contributed by atoms with Gasteiger partial charge in [-0.15, -0.1) is 0 Å². The second-order valence-electron chi connectivity index (χ2n) is 4.24. The summed E-state index contributed by atoms with van der Waals surface area (Å²) in [5, 5.41) is 0.129. The van der Waals surface area contributed by atoms with Gasteiger partial charge in [0.15, 0.2) is 9.84 Å². The van der Waals surface area contributed by atoms with E-state index >= 15 is 0 Å². The number of ether oxygens (including phenoxy) is 1. The maximum Gasteiger partial charge on any atom is 0.177 e. The molecule has 0 aliphatic heterocycles. The van der Waals surface area contributed by atoms with E-state index < -0.39 is 15.7 Å². The first-order chi connectivity index (χ1) is 9.74. The molecule has 0 aliphatic rings. The first kappa shape index (κ1) is 16.0. The molecule has 1 aromatic heterocycles. The van der Waals surface area contributed by atoms with Gasteiger partial charge in [0.25, 0.3) is 0 Å². The molecular formula is C13H10Cl2FNO3S. The minimum atomic E-state index is -3.44. The molecule has 2 aromatic rings. The average molecular weight is 350 g/mol. The van der Waals surface area contributed by atoms with Crippen molar-refractivity contribution >= 4 is 33.0 Å². The zero-order valence-electron chi connectivity index (χ0n) is 11.0. The molecule has 8 heteroatoms. The van der Waals surface area contributed by atoms with Gasteiger partial charge in [0.2, 0.25) is 0 Å². The molecule has 0 saturated heterocycles. The Bertz CT molecular complexity index is 809. The van der Waals surface area contributed by atoms with Gasteiger partial charge in [0, 0.05) is 18.0 Å². The molecule has 1 heterocycles. The maximum absolute atomic E-state index is 14.0. The molecule has 0 unspecified atom stereocenters.